The fourth-order valence-electron chi connectivity index (χ4n) is 3.02. The number of benzene rings is 1. The van der Waals surface area contributed by atoms with Gasteiger partial charge < -0.3 is 20.5 Å². The monoisotopic (exact) mass is 392 g/mol. The van der Waals surface area contributed by atoms with Crippen LogP contribution in [0.1, 0.15) is 31.2 Å². The number of aliphatic hydroxyl groups is 1. The molecular weight excluding hydrogens is 368 g/mol. The molecule has 1 aromatic rings. The first-order chi connectivity index (χ1) is 13.0. The van der Waals surface area contributed by atoms with Crippen LogP contribution in [0.25, 0.3) is 0 Å². The number of amides is 2. The molecule has 6 nitrogen and oxygen atoms in total. The Balaban J connectivity index is 1.45. The molecule has 0 bridgehead atoms. The molecule has 2 aliphatic rings. The smallest absolute Gasteiger partial charge is 0.223 e. The molecule has 0 saturated heterocycles. The predicted molar refractivity (Wildman–Crippen MR) is 102 cm³/mol. The molecule has 1 heterocycles. The molecule has 3 rings (SSSR count). The molecule has 1 aromatic carbocycles. The van der Waals surface area contributed by atoms with E-state index in [1.165, 1.54) is 0 Å². The summed E-state index contributed by atoms with van der Waals surface area (Å²) in [6.45, 7) is 0.192. The topological polar surface area (TPSA) is 87.7 Å². The quantitative estimate of drug-likeness (QED) is 0.590. The number of carbonyl (C=O) groups is 2. The van der Waals surface area contributed by atoms with Crippen LogP contribution in [0, 0.1) is 5.92 Å². The van der Waals surface area contributed by atoms with Crippen molar-refractivity contribution in [1.29, 1.82) is 0 Å². The van der Waals surface area contributed by atoms with Crippen LogP contribution in [-0.4, -0.2) is 41.8 Å². The van der Waals surface area contributed by atoms with E-state index in [2.05, 4.69) is 10.6 Å². The second kappa shape index (κ2) is 9.35. The lowest BCUT2D eigenvalue weighted by atomic mass is 10.0. The van der Waals surface area contributed by atoms with Crippen LogP contribution < -0.4 is 10.6 Å². The van der Waals surface area contributed by atoms with Gasteiger partial charge in [0.25, 0.3) is 0 Å². The predicted octanol–water partition coefficient (Wildman–Crippen LogP) is 1.95. The molecule has 1 fully saturated rings. The van der Waals surface area contributed by atoms with Crippen molar-refractivity contribution in [2.45, 2.75) is 50.5 Å². The average Bonchev–Trinajstić information content (AvgIpc) is 3.46. The van der Waals surface area contributed by atoms with Gasteiger partial charge in [-0.3, -0.25) is 9.59 Å². The molecule has 1 aliphatic heterocycles. The van der Waals surface area contributed by atoms with E-state index in [9.17, 15) is 14.7 Å². The summed E-state index contributed by atoms with van der Waals surface area (Å²) in [5.74, 6) is 0.337. The summed E-state index contributed by atoms with van der Waals surface area (Å²) in [5.41, 5.74) is 0.958. The van der Waals surface area contributed by atoms with Crippen molar-refractivity contribution in [1.82, 2.24) is 10.6 Å². The maximum Gasteiger partial charge on any atom is 0.223 e. The maximum atomic E-state index is 12.2. The van der Waals surface area contributed by atoms with Gasteiger partial charge in [0.1, 0.15) is 6.10 Å². The van der Waals surface area contributed by atoms with Crippen LogP contribution in [0.15, 0.2) is 36.4 Å². The number of aliphatic hydroxyl groups excluding tert-OH is 1. The van der Waals surface area contributed by atoms with Gasteiger partial charge in [0.2, 0.25) is 11.8 Å². The highest BCUT2D eigenvalue weighted by molar-refractivity contribution is 6.30. The first-order valence-electron chi connectivity index (χ1n) is 9.28. The molecule has 27 heavy (non-hydrogen) atoms. The molecule has 0 spiro atoms. The zero-order valence-corrected chi connectivity index (χ0v) is 15.8. The Labute approximate surface area is 163 Å². The Morgan fingerprint density at radius 2 is 1.85 bits per heavy atom. The van der Waals surface area contributed by atoms with Gasteiger partial charge in [0.05, 0.1) is 25.2 Å². The van der Waals surface area contributed by atoms with E-state index < -0.39 is 12.2 Å². The molecule has 3 atom stereocenters. The third-order valence-electron chi connectivity index (χ3n) is 4.75. The molecule has 3 N–H and O–H groups in total. The second-order valence-electron chi connectivity index (χ2n) is 7.13. The molecule has 0 unspecified atom stereocenters. The largest absolute Gasteiger partial charge is 0.394 e. The van der Waals surface area contributed by atoms with Crippen LogP contribution in [0.2, 0.25) is 5.02 Å². The SMILES string of the molecule is O=C(C[C@@H]1C=C[C@H](NC(=O)CC2CC2)[C@@H](CO)O1)NCc1ccc(Cl)cc1. The van der Waals surface area contributed by atoms with Crippen molar-refractivity contribution in [2.24, 2.45) is 5.92 Å². The first kappa shape index (κ1) is 19.9. The summed E-state index contributed by atoms with van der Waals surface area (Å²) < 4.78 is 5.78. The minimum absolute atomic E-state index is 0.0200. The maximum absolute atomic E-state index is 12.2. The summed E-state index contributed by atoms with van der Waals surface area (Å²) in [6.07, 6.45) is 5.52. The minimum atomic E-state index is -0.549. The van der Waals surface area contributed by atoms with Gasteiger partial charge >= 0.3 is 0 Å². The molecule has 1 saturated carbocycles. The van der Waals surface area contributed by atoms with Gasteiger partial charge in [-0.1, -0.05) is 35.9 Å². The van der Waals surface area contributed by atoms with E-state index in [-0.39, 0.29) is 30.9 Å². The molecular formula is C20H25ClN2O4. The summed E-state index contributed by atoms with van der Waals surface area (Å²) in [4.78, 5) is 24.1. The van der Waals surface area contributed by atoms with Crippen molar-refractivity contribution in [3.8, 4) is 0 Å². The Kier molecular flexibility index (Phi) is 6.88. The van der Waals surface area contributed by atoms with E-state index >= 15 is 0 Å². The van der Waals surface area contributed by atoms with Crippen molar-refractivity contribution in [2.75, 3.05) is 6.61 Å². The molecule has 2 amide bonds. The lowest BCUT2D eigenvalue weighted by Crippen LogP contribution is -2.49. The van der Waals surface area contributed by atoms with Crippen LogP contribution in [-0.2, 0) is 20.9 Å². The number of carbonyl (C=O) groups excluding carboxylic acids is 2. The normalized spacial score (nSPS) is 24.4. The number of halogens is 1. The van der Waals surface area contributed by atoms with Crippen molar-refractivity contribution < 1.29 is 19.4 Å². The zero-order valence-electron chi connectivity index (χ0n) is 15.1. The fraction of sp³-hybridized carbons (Fsp3) is 0.500. The zero-order chi connectivity index (χ0) is 19.2. The summed E-state index contributed by atoms with van der Waals surface area (Å²) in [7, 11) is 0. The number of rotatable bonds is 8. The Morgan fingerprint density at radius 3 is 2.52 bits per heavy atom. The van der Waals surface area contributed by atoms with Crippen molar-refractivity contribution >= 4 is 23.4 Å². The first-order valence-corrected chi connectivity index (χ1v) is 9.66. The third-order valence-corrected chi connectivity index (χ3v) is 5.00. The standard InChI is InChI=1S/C20H25ClN2O4/c21-15-5-3-14(4-6-15)11-22-19(25)10-16-7-8-17(18(12-24)27-16)23-20(26)9-13-1-2-13/h3-8,13,16-18,24H,1-2,9-12H2,(H,22,25)(H,23,26)/t16-,17-,18+/m0/s1. The van der Waals surface area contributed by atoms with Gasteiger partial charge in [-0.05, 0) is 36.5 Å². The van der Waals surface area contributed by atoms with E-state index in [4.69, 9.17) is 16.3 Å². The molecule has 0 radical (unpaired) electrons. The average molecular weight is 393 g/mol. The van der Waals surface area contributed by atoms with Crippen LogP contribution in [0.4, 0.5) is 0 Å². The third kappa shape index (κ3) is 6.34. The lowest BCUT2D eigenvalue weighted by Gasteiger charge is -2.31. The second-order valence-corrected chi connectivity index (χ2v) is 7.57. The molecule has 1 aliphatic carbocycles. The summed E-state index contributed by atoms with van der Waals surface area (Å²) >= 11 is 5.84. The number of nitrogens with one attached hydrogen (secondary N) is 2. The highest BCUT2D eigenvalue weighted by atomic mass is 35.5. The highest BCUT2D eigenvalue weighted by Gasteiger charge is 2.31. The van der Waals surface area contributed by atoms with Crippen LogP contribution >= 0.6 is 11.6 Å². The van der Waals surface area contributed by atoms with E-state index in [0.717, 1.165) is 18.4 Å². The summed E-state index contributed by atoms with van der Waals surface area (Å²) in [5, 5.41) is 16.0. The number of ether oxygens (including phenoxy) is 1. The minimum Gasteiger partial charge on any atom is -0.394 e. The van der Waals surface area contributed by atoms with Gasteiger partial charge in [-0.2, -0.15) is 0 Å². The van der Waals surface area contributed by atoms with E-state index in [0.29, 0.717) is 23.9 Å². The van der Waals surface area contributed by atoms with Crippen molar-refractivity contribution in [3.05, 3.63) is 47.0 Å². The number of hydrogen-bond acceptors (Lipinski definition) is 4. The summed E-state index contributed by atoms with van der Waals surface area (Å²) in [6, 6.07) is 6.90. The Morgan fingerprint density at radius 1 is 1.11 bits per heavy atom. The van der Waals surface area contributed by atoms with Gasteiger partial charge in [-0.15, -0.1) is 0 Å². The highest BCUT2D eigenvalue weighted by Crippen LogP contribution is 2.32. The lowest BCUT2D eigenvalue weighted by molar-refractivity contribution is -0.128. The Hall–Kier alpha value is -1.89. The van der Waals surface area contributed by atoms with Crippen LogP contribution in [0.5, 0.6) is 0 Å². The van der Waals surface area contributed by atoms with Crippen LogP contribution in [0.3, 0.4) is 0 Å². The van der Waals surface area contributed by atoms with Gasteiger partial charge in [-0.25, -0.2) is 0 Å². The van der Waals surface area contributed by atoms with Crippen molar-refractivity contribution in [3.63, 3.8) is 0 Å². The molecule has 0 aromatic heterocycles. The van der Waals surface area contributed by atoms with E-state index in [1.54, 1.807) is 18.2 Å². The number of hydrogen-bond donors (Lipinski definition) is 3. The molecule has 7 heteroatoms. The van der Waals surface area contributed by atoms with Gasteiger partial charge in [0.15, 0.2) is 0 Å². The Bertz CT molecular complexity index is 688. The van der Waals surface area contributed by atoms with E-state index in [1.807, 2.05) is 18.2 Å². The fourth-order valence-corrected chi connectivity index (χ4v) is 3.15. The molecule has 146 valence electrons. The van der Waals surface area contributed by atoms with Gasteiger partial charge in [0, 0.05) is 18.0 Å².